The summed E-state index contributed by atoms with van der Waals surface area (Å²) in [6.45, 7) is 5.40. The van der Waals surface area contributed by atoms with Gasteiger partial charge in [0.25, 0.3) is 0 Å². The molecule has 3 fully saturated rings. The Morgan fingerprint density at radius 3 is 2.56 bits per heavy atom. The van der Waals surface area contributed by atoms with Gasteiger partial charge < -0.3 is 19.3 Å². The van der Waals surface area contributed by atoms with Crippen LogP contribution in [-0.2, 0) is 14.3 Å². The zero-order chi connectivity index (χ0) is 17.3. The van der Waals surface area contributed by atoms with Crippen LogP contribution in [-0.4, -0.2) is 63.4 Å². The minimum atomic E-state index is -0.235. The van der Waals surface area contributed by atoms with Crippen LogP contribution >= 0.6 is 0 Å². The van der Waals surface area contributed by atoms with Crippen molar-refractivity contribution in [3.8, 4) is 0 Å². The van der Waals surface area contributed by atoms with Gasteiger partial charge >= 0.3 is 0 Å². The fourth-order valence-corrected chi connectivity index (χ4v) is 4.47. The van der Waals surface area contributed by atoms with Crippen molar-refractivity contribution in [1.29, 1.82) is 0 Å². The quantitative estimate of drug-likeness (QED) is 0.819. The molecule has 3 saturated heterocycles. The summed E-state index contributed by atoms with van der Waals surface area (Å²) in [5.41, 5.74) is 0.795. The van der Waals surface area contributed by atoms with Crippen molar-refractivity contribution < 1.29 is 18.7 Å². The van der Waals surface area contributed by atoms with E-state index in [2.05, 4.69) is 4.90 Å². The van der Waals surface area contributed by atoms with E-state index in [-0.39, 0.29) is 23.1 Å². The number of anilines is 1. The maximum Gasteiger partial charge on any atom is 0.228 e. The largest absolute Gasteiger partial charge is 0.381 e. The number of morpholine rings is 1. The first-order chi connectivity index (χ1) is 12.2. The van der Waals surface area contributed by atoms with E-state index in [1.807, 2.05) is 11.0 Å². The first-order valence-electron chi connectivity index (χ1n) is 9.13. The minimum absolute atomic E-state index is 0.0576. The zero-order valence-electron chi connectivity index (χ0n) is 14.5. The second-order valence-corrected chi connectivity index (χ2v) is 7.33. The lowest BCUT2D eigenvalue weighted by Crippen LogP contribution is -2.49. The Labute approximate surface area is 147 Å². The van der Waals surface area contributed by atoms with Crippen LogP contribution in [0, 0.1) is 17.2 Å². The molecule has 1 aromatic rings. The third-order valence-corrected chi connectivity index (χ3v) is 5.93. The maximum absolute atomic E-state index is 13.7. The molecule has 136 valence electrons. The van der Waals surface area contributed by atoms with Gasteiger partial charge in [0.1, 0.15) is 5.82 Å². The minimum Gasteiger partial charge on any atom is -0.381 e. The third-order valence-electron chi connectivity index (χ3n) is 5.93. The van der Waals surface area contributed by atoms with E-state index in [0.29, 0.717) is 46.1 Å². The monoisotopic (exact) mass is 348 g/mol. The van der Waals surface area contributed by atoms with Gasteiger partial charge in [-0.25, -0.2) is 4.39 Å². The predicted molar refractivity (Wildman–Crippen MR) is 92.0 cm³/mol. The smallest absolute Gasteiger partial charge is 0.228 e. The average molecular weight is 348 g/mol. The molecule has 3 heterocycles. The van der Waals surface area contributed by atoms with Crippen molar-refractivity contribution in [3.05, 3.63) is 30.1 Å². The third kappa shape index (κ3) is 3.25. The summed E-state index contributed by atoms with van der Waals surface area (Å²) < 4.78 is 24.6. The highest BCUT2D eigenvalue weighted by Crippen LogP contribution is 2.46. The van der Waals surface area contributed by atoms with Gasteiger partial charge in [0, 0.05) is 50.5 Å². The number of rotatable bonds is 2. The Morgan fingerprint density at radius 1 is 1.12 bits per heavy atom. The Balaban J connectivity index is 1.59. The van der Waals surface area contributed by atoms with Gasteiger partial charge in [0.2, 0.25) is 5.91 Å². The van der Waals surface area contributed by atoms with Crippen LogP contribution < -0.4 is 4.90 Å². The van der Waals surface area contributed by atoms with Gasteiger partial charge in [0.05, 0.1) is 19.1 Å². The molecular weight excluding hydrogens is 323 g/mol. The van der Waals surface area contributed by atoms with E-state index in [1.165, 1.54) is 6.07 Å². The number of hydrogen-bond donors (Lipinski definition) is 0. The highest BCUT2D eigenvalue weighted by atomic mass is 19.1. The molecule has 0 radical (unpaired) electrons. The van der Waals surface area contributed by atoms with E-state index in [1.54, 1.807) is 12.1 Å². The predicted octanol–water partition coefficient (Wildman–Crippen LogP) is 1.92. The molecule has 1 spiro atoms. The number of carbonyl (C=O) groups is 1. The summed E-state index contributed by atoms with van der Waals surface area (Å²) in [6.07, 6.45) is 1.78. The van der Waals surface area contributed by atoms with Crippen LogP contribution in [0.3, 0.4) is 0 Å². The molecule has 1 amide bonds. The molecule has 0 aliphatic carbocycles. The number of hydrogen-bond acceptors (Lipinski definition) is 4. The summed E-state index contributed by atoms with van der Waals surface area (Å²) in [5, 5.41) is 0. The van der Waals surface area contributed by atoms with Gasteiger partial charge in [0.15, 0.2) is 0 Å². The lowest BCUT2D eigenvalue weighted by atomic mass is 9.71. The molecule has 3 aliphatic rings. The SMILES string of the molecule is O=C(C1CN(c2cccc(F)c2)CC12CCOCC2)N1CCOCC1. The highest BCUT2D eigenvalue weighted by Gasteiger charge is 2.51. The highest BCUT2D eigenvalue weighted by molar-refractivity contribution is 5.81. The summed E-state index contributed by atoms with van der Waals surface area (Å²) in [6, 6.07) is 6.69. The number of nitrogens with zero attached hydrogens (tertiary/aromatic N) is 2. The summed E-state index contributed by atoms with van der Waals surface area (Å²) >= 11 is 0. The van der Waals surface area contributed by atoms with E-state index in [0.717, 1.165) is 25.1 Å². The molecule has 25 heavy (non-hydrogen) atoms. The van der Waals surface area contributed by atoms with E-state index in [4.69, 9.17) is 9.47 Å². The van der Waals surface area contributed by atoms with Crippen molar-refractivity contribution in [1.82, 2.24) is 4.90 Å². The molecule has 3 aliphatic heterocycles. The van der Waals surface area contributed by atoms with Crippen LogP contribution in [0.2, 0.25) is 0 Å². The summed E-state index contributed by atoms with van der Waals surface area (Å²) in [5.74, 6) is -0.0663. The van der Waals surface area contributed by atoms with Gasteiger partial charge in [-0.1, -0.05) is 6.07 Å². The van der Waals surface area contributed by atoms with Crippen molar-refractivity contribution in [2.75, 3.05) is 57.5 Å². The number of ether oxygens (including phenoxy) is 2. The summed E-state index contributed by atoms with van der Waals surface area (Å²) in [4.78, 5) is 17.4. The molecule has 4 rings (SSSR count). The van der Waals surface area contributed by atoms with Crippen LogP contribution in [0.15, 0.2) is 24.3 Å². The fraction of sp³-hybridized carbons (Fsp3) is 0.632. The van der Waals surface area contributed by atoms with E-state index in [9.17, 15) is 9.18 Å². The topological polar surface area (TPSA) is 42.0 Å². The lowest BCUT2D eigenvalue weighted by Gasteiger charge is -2.39. The molecule has 1 unspecified atom stereocenters. The molecular formula is C19H25FN2O3. The fourth-order valence-electron chi connectivity index (χ4n) is 4.47. The number of benzene rings is 1. The van der Waals surface area contributed by atoms with Gasteiger partial charge in [-0.05, 0) is 31.0 Å². The van der Waals surface area contributed by atoms with Crippen LogP contribution in [0.5, 0.6) is 0 Å². The molecule has 1 aromatic carbocycles. The molecule has 0 bridgehead atoms. The Hall–Kier alpha value is -1.66. The Morgan fingerprint density at radius 2 is 1.84 bits per heavy atom. The number of carbonyl (C=O) groups excluding carboxylic acids is 1. The molecule has 5 nitrogen and oxygen atoms in total. The Kier molecular flexibility index (Phi) is 4.65. The van der Waals surface area contributed by atoms with Crippen LogP contribution in [0.25, 0.3) is 0 Å². The second kappa shape index (κ2) is 6.92. The van der Waals surface area contributed by atoms with Gasteiger partial charge in [-0.15, -0.1) is 0 Å². The normalized spacial score (nSPS) is 26.2. The van der Waals surface area contributed by atoms with Crippen molar-refractivity contribution >= 4 is 11.6 Å². The average Bonchev–Trinajstić information content (AvgIpc) is 3.01. The molecule has 1 atom stereocenters. The second-order valence-electron chi connectivity index (χ2n) is 7.33. The van der Waals surface area contributed by atoms with Gasteiger partial charge in [-0.3, -0.25) is 4.79 Å². The van der Waals surface area contributed by atoms with E-state index >= 15 is 0 Å². The van der Waals surface area contributed by atoms with Crippen LogP contribution in [0.4, 0.5) is 10.1 Å². The molecule has 0 N–H and O–H groups in total. The Bertz CT molecular complexity index is 627. The maximum atomic E-state index is 13.7. The zero-order valence-corrected chi connectivity index (χ0v) is 14.5. The standard InChI is InChI=1S/C19H25FN2O3/c20-15-2-1-3-16(12-15)22-13-17(18(23)21-6-10-25-11-7-21)19(14-22)4-8-24-9-5-19/h1-3,12,17H,4-11,13-14H2. The van der Waals surface area contributed by atoms with E-state index < -0.39 is 0 Å². The van der Waals surface area contributed by atoms with Gasteiger partial charge in [-0.2, -0.15) is 0 Å². The summed E-state index contributed by atoms with van der Waals surface area (Å²) in [7, 11) is 0. The van der Waals surface area contributed by atoms with Crippen LogP contribution in [0.1, 0.15) is 12.8 Å². The first-order valence-corrected chi connectivity index (χ1v) is 9.13. The first kappa shape index (κ1) is 16.8. The molecule has 0 aromatic heterocycles. The van der Waals surface area contributed by atoms with Crippen molar-refractivity contribution in [2.45, 2.75) is 12.8 Å². The molecule has 6 heteroatoms. The van der Waals surface area contributed by atoms with Crippen molar-refractivity contribution in [3.63, 3.8) is 0 Å². The van der Waals surface area contributed by atoms with Crippen molar-refractivity contribution in [2.24, 2.45) is 11.3 Å². The number of amides is 1. The number of halogens is 1. The molecule has 0 saturated carbocycles. The lowest BCUT2D eigenvalue weighted by molar-refractivity contribution is -0.144.